The first-order chi connectivity index (χ1) is 14.8. The molecule has 0 saturated heterocycles. The van der Waals surface area contributed by atoms with Crippen molar-refractivity contribution >= 4 is 29.3 Å². The lowest BCUT2D eigenvalue weighted by Gasteiger charge is -2.13. The van der Waals surface area contributed by atoms with Gasteiger partial charge in [0.25, 0.3) is 5.91 Å². The highest BCUT2D eigenvalue weighted by atomic mass is 32.2. The van der Waals surface area contributed by atoms with Gasteiger partial charge in [-0.25, -0.2) is 4.79 Å². The molecular weight excluding hydrogens is 412 g/mol. The van der Waals surface area contributed by atoms with E-state index in [-0.39, 0.29) is 12.5 Å². The number of ether oxygens (including phenoxy) is 1. The molecule has 0 aliphatic carbocycles. The van der Waals surface area contributed by atoms with Gasteiger partial charge in [0.2, 0.25) is 0 Å². The second-order valence-corrected chi connectivity index (χ2v) is 8.50. The van der Waals surface area contributed by atoms with E-state index in [9.17, 15) is 9.59 Å². The molecule has 1 heterocycles. The van der Waals surface area contributed by atoms with E-state index in [1.165, 1.54) is 11.8 Å². The van der Waals surface area contributed by atoms with E-state index in [4.69, 9.17) is 9.26 Å². The summed E-state index contributed by atoms with van der Waals surface area (Å²) in [6.07, 6.45) is 0. The van der Waals surface area contributed by atoms with Crippen LogP contribution in [-0.2, 0) is 15.3 Å². The minimum Gasteiger partial charge on any atom is -0.452 e. The maximum Gasteiger partial charge on any atom is 0.339 e. The molecule has 0 radical (unpaired) electrons. The van der Waals surface area contributed by atoms with E-state index >= 15 is 0 Å². The summed E-state index contributed by atoms with van der Waals surface area (Å²) in [7, 11) is 0. The molecule has 0 unspecified atom stereocenters. The fourth-order valence-electron chi connectivity index (χ4n) is 3.38. The summed E-state index contributed by atoms with van der Waals surface area (Å²) in [6.45, 7) is 9.29. The van der Waals surface area contributed by atoms with Gasteiger partial charge in [-0.3, -0.25) is 4.79 Å². The Bertz CT molecular complexity index is 1080. The SMILES string of the molecule is Cc1cc(C)c(NC(=O)COC(=O)c2ccccc2SCc2c(C)noc2C)c(C)c1. The summed E-state index contributed by atoms with van der Waals surface area (Å²) in [5.74, 6) is 0.486. The predicted molar refractivity (Wildman–Crippen MR) is 122 cm³/mol. The second-order valence-electron chi connectivity index (χ2n) is 7.49. The monoisotopic (exact) mass is 438 g/mol. The number of esters is 1. The summed E-state index contributed by atoms with van der Waals surface area (Å²) in [5, 5.41) is 6.81. The van der Waals surface area contributed by atoms with Crippen molar-refractivity contribution < 1.29 is 18.8 Å². The van der Waals surface area contributed by atoms with Gasteiger partial charge in [0, 0.05) is 21.9 Å². The van der Waals surface area contributed by atoms with Gasteiger partial charge in [-0.2, -0.15) is 0 Å². The first kappa shape index (κ1) is 22.6. The highest BCUT2D eigenvalue weighted by Gasteiger charge is 2.17. The summed E-state index contributed by atoms with van der Waals surface area (Å²) < 4.78 is 10.5. The van der Waals surface area contributed by atoms with Crippen molar-refractivity contribution in [3.63, 3.8) is 0 Å². The van der Waals surface area contributed by atoms with Crippen molar-refractivity contribution in [3.05, 3.63) is 75.7 Å². The van der Waals surface area contributed by atoms with Crippen LogP contribution in [0.5, 0.6) is 0 Å². The zero-order valence-corrected chi connectivity index (χ0v) is 19.2. The number of aromatic nitrogens is 1. The third kappa shape index (κ3) is 5.55. The maximum absolute atomic E-state index is 12.6. The van der Waals surface area contributed by atoms with Crippen LogP contribution in [0, 0.1) is 34.6 Å². The van der Waals surface area contributed by atoms with Crippen LogP contribution in [0.4, 0.5) is 5.69 Å². The standard InChI is InChI=1S/C24H26N2O4S/c1-14-10-15(2)23(16(3)11-14)25-22(27)12-29-24(28)19-8-6-7-9-21(19)31-13-20-17(4)26-30-18(20)5/h6-11H,12-13H2,1-5H3,(H,25,27). The van der Waals surface area contributed by atoms with E-state index in [0.29, 0.717) is 11.3 Å². The molecule has 0 spiro atoms. The normalized spacial score (nSPS) is 10.7. The molecule has 0 atom stereocenters. The number of hydrogen-bond acceptors (Lipinski definition) is 6. The van der Waals surface area contributed by atoms with Crippen molar-refractivity contribution in [3.8, 4) is 0 Å². The third-order valence-corrected chi connectivity index (χ3v) is 6.04. The van der Waals surface area contributed by atoms with Crippen LogP contribution < -0.4 is 5.32 Å². The van der Waals surface area contributed by atoms with Crippen molar-refractivity contribution in [1.82, 2.24) is 5.16 Å². The lowest BCUT2D eigenvalue weighted by atomic mass is 10.1. The van der Waals surface area contributed by atoms with Crippen molar-refractivity contribution in [2.45, 2.75) is 45.3 Å². The van der Waals surface area contributed by atoms with Gasteiger partial charge in [-0.05, 0) is 57.9 Å². The number of thioether (sulfide) groups is 1. The quantitative estimate of drug-likeness (QED) is 0.398. The molecule has 1 N–H and O–H groups in total. The topological polar surface area (TPSA) is 81.4 Å². The van der Waals surface area contributed by atoms with Crippen molar-refractivity contribution in [2.75, 3.05) is 11.9 Å². The lowest BCUT2D eigenvalue weighted by Crippen LogP contribution is -2.22. The van der Waals surface area contributed by atoms with E-state index in [2.05, 4.69) is 10.5 Å². The average molecular weight is 439 g/mol. The number of rotatable bonds is 7. The highest BCUT2D eigenvalue weighted by molar-refractivity contribution is 7.98. The third-order valence-electron chi connectivity index (χ3n) is 4.94. The fourth-order valence-corrected chi connectivity index (χ4v) is 4.57. The molecule has 162 valence electrons. The molecule has 0 aliphatic heterocycles. The molecule has 0 saturated carbocycles. The molecule has 0 aliphatic rings. The lowest BCUT2D eigenvalue weighted by molar-refractivity contribution is -0.119. The van der Waals surface area contributed by atoms with E-state index in [0.717, 1.165) is 44.3 Å². The summed E-state index contributed by atoms with van der Waals surface area (Å²) in [5.41, 5.74) is 6.10. The molecule has 7 heteroatoms. The van der Waals surface area contributed by atoms with Gasteiger partial charge < -0.3 is 14.6 Å². The fraction of sp³-hybridized carbons (Fsp3) is 0.292. The number of nitrogens with zero attached hydrogens (tertiary/aromatic N) is 1. The Morgan fingerprint density at radius 2 is 1.74 bits per heavy atom. The zero-order valence-electron chi connectivity index (χ0n) is 18.4. The van der Waals surface area contributed by atoms with E-state index < -0.39 is 5.97 Å². The minimum absolute atomic E-state index is 0.353. The molecule has 0 fully saturated rings. The van der Waals surface area contributed by atoms with Crippen molar-refractivity contribution in [1.29, 1.82) is 0 Å². The highest BCUT2D eigenvalue weighted by Crippen LogP contribution is 2.29. The summed E-state index contributed by atoms with van der Waals surface area (Å²) >= 11 is 1.50. The van der Waals surface area contributed by atoms with E-state index in [1.807, 2.05) is 58.9 Å². The van der Waals surface area contributed by atoms with Crippen molar-refractivity contribution in [2.24, 2.45) is 0 Å². The van der Waals surface area contributed by atoms with Crippen LogP contribution in [0.2, 0.25) is 0 Å². The number of nitrogens with one attached hydrogen (secondary N) is 1. The van der Waals surface area contributed by atoms with Gasteiger partial charge in [0.15, 0.2) is 6.61 Å². The predicted octanol–water partition coefficient (Wildman–Crippen LogP) is 5.30. The summed E-state index contributed by atoms with van der Waals surface area (Å²) in [4.78, 5) is 25.8. The molecule has 3 aromatic rings. The molecule has 2 aromatic carbocycles. The van der Waals surface area contributed by atoms with Gasteiger partial charge >= 0.3 is 5.97 Å². The number of anilines is 1. The van der Waals surface area contributed by atoms with E-state index in [1.54, 1.807) is 12.1 Å². The average Bonchev–Trinajstić information content (AvgIpc) is 3.05. The summed E-state index contributed by atoms with van der Waals surface area (Å²) in [6, 6.07) is 11.2. The Balaban J connectivity index is 1.63. The van der Waals surface area contributed by atoms with Crippen LogP contribution >= 0.6 is 11.8 Å². The first-order valence-electron chi connectivity index (χ1n) is 9.94. The smallest absolute Gasteiger partial charge is 0.339 e. The second kappa shape index (κ2) is 9.83. The molecule has 31 heavy (non-hydrogen) atoms. The number of aryl methyl sites for hydroxylation is 5. The number of carbonyl (C=O) groups is 2. The maximum atomic E-state index is 12.6. The molecular formula is C24H26N2O4S. The number of hydrogen-bond donors (Lipinski definition) is 1. The zero-order chi connectivity index (χ0) is 22.5. The molecule has 0 bridgehead atoms. The molecule has 1 aromatic heterocycles. The van der Waals surface area contributed by atoms with Gasteiger partial charge in [-0.1, -0.05) is 35.0 Å². The Kier molecular flexibility index (Phi) is 7.17. The Hall–Kier alpha value is -3.06. The van der Waals surface area contributed by atoms with Gasteiger partial charge in [0.1, 0.15) is 5.76 Å². The largest absolute Gasteiger partial charge is 0.452 e. The Labute approximate surface area is 186 Å². The number of benzene rings is 2. The van der Waals surface area contributed by atoms with Crippen LogP contribution in [0.3, 0.4) is 0 Å². The Morgan fingerprint density at radius 3 is 2.39 bits per heavy atom. The van der Waals surface area contributed by atoms with Gasteiger partial charge in [0.05, 0.1) is 11.3 Å². The van der Waals surface area contributed by atoms with Gasteiger partial charge in [-0.15, -0.1) is 11.8 Å². The van der Waals surface area contributed by atoms with Crippen LogP contribution in [0.25, 0.3) is 0 Å². The molecule has 6 nitrogen and oxygen atoms in total. The number of amides is 1. The molecule has 1 amide bonds. The number of carbonyl (C=O) groups excluding carboxylic acids is 2. The molecule has 3 rings (SSSR count). The van der Waals surface area contributed by atoms with Crippen LogP contribution in [0.15, 0.2) is 45.8 Å². The first-order valence-corrected chi connectivity index (χ1v) is 10.9. The van der Waals surface area contributed by atoms with Crippen LogP contribution in [0.1, 0.15) is 44.1 Å². The minimum atomic E-state index is -0.533. The Morgan fingerprint density at radius 1 is 1.06 bits per heavy atom. The van der Waals surface area contributed by atoms with Crippen LogP contribution in [-0.4, -0.2) is 23.6 Å².